The average Bonchev–Trinajstić information content (AvgIpc) is 2.99. The first kappa shape index (κ1) is 14.9. The predicted molar refractivity (Wildman–Crippen MR) is 73.4 cm³/mol. The van der Waals surface area contributed by atoms with Gasteiger partial charge >= 0.3 is 0 Å². The molecule has 0 radical (unpaired) electrons. The van der Waals surface area contributed by atoms with Gasteiger partial charge in [-0.25, -0.2) is 4.39 Å². The fourth-order valence-electron chi connectivity index (χ4n) is 1.72. The first-order valence-electron chi connectivity index (χ1n) is 6.46. The number of ether oxygens (including phenoxy) is 1. The van der Waals surface area contributed by atoms with Gasteiger partial charge in [0, 0.05) is 19.5 Å². The zero-order valence-electron chi connectivity index (χ0n) is 11.3. The zero-order chi connectivity index (χ0) is 15.1. The minimum atomic E-state index is -0.503. The fourth-order valence-corrected chi connectivity index (χ4v) is 1.72. The Labute approximate surface area is 120 Å². The maximum Gasteiger partial charge on any atom is 0.255 e. The van der Waals surface area contributed by atoms with Crippen molar-refractivity contribution in [2.45, 2.75) is 6.42 Å². The quantitative estimate of drug-likeness (QED) is 0.678. The maximum atomic E-state index is 13.3. The minimum Gasteiger partial charge on any atom is -0.491 e. The van der Waals surface area contributed by atoms with Gasteiger partial charge in [-0.2, -0.15) is 15.4 Å². The molecule has 112 valence electrons. The first-order valence-corrected chi connectivity index (χ1v) is 6.46. The van der Waals surface area contributed by atoms with Gasteiger partial charge in [-0.15, -0.1) is 0 Å². The van der Waals surface area contributed by atoms with Crippen LogP contribution in [0.4, 0.5) is 4.39 Å². The lowest BCUT2D eigenvalue weighted by Gasteiger charge is -2.11. The normalized spacial score (nSPS) is 10.4. The highest BCUT2D eigenvalue weighted by molar-refractivity contribution is 5.96. The van der Waals surface area contributed by atoms with Crippen molar-refractivity contribution in [3.05, 3.63) is 41.5 Å². The highest BCUT2D eigenvalue weighted by Gasteiger charge is 2.13. The number of H-pyrrole nitrogens is 1. The summed E-state index contributed by atoms with van der Waals surface area (Å²) in [6, 6.07) is 3.78. The van der Waals surface area contributed by atoms with Gasteiger partial charge in [0.25, 0.3) is 5.91 Å². The highest BCUT2D eigenvalue weighted by Crippen LogP contribution is 2.19. The lowest BCUT2D eigenvalue weighted by molar-refractivity contribution is 0.0949. The second-order valence-corrected chi connectivity index (χ2v) is 4.24. The number of halogens is 1. The van der Waals surface area contributed by atoms with Crippen LogP contribution in [0.1, 0.15) is 16.1 Å². The van der Waals surface area contributed by atoms with E-state index in [1.54, 1.807) is 6.20 Å². The molecule has 0 saturated heterocycles. The van der Waals surface area contributed by atoms with Crippen LogP contribution < -0.4 is 15.8 Å². The molecule has 2 aromatic rings. The lowest BCUT2D eigenvalue weighted by atomic mass is 10.1. The molecule has 0 saturated carbocycles. The number of nitrogens with one attached hydrogen (secondary N) is 2. The monoisotopic (exact) mass is 293 g/mol. The third-order valence-electron chi connectivity index (χ3n) is 2.69. The van der Waals surface area contributed by atoms with Crippen LogP contribution >= 0.6 is 0 Å². The molecule has 2 rings (SSSR count). The third kappa shape index (κ3) is 4.25. The Hall–Kier alpha value is -2.48. The molecule has 0 fully saturated rings. The molecule has 0 aliphatic heterocycles. The van der Waals surface area contributed by atoms with E-state index in [1.165, 1.54) is 12.1 Å². The van der Waals surface area contributed by atoms with Crippen molar-refractivity contribution in [2.24, 2.45) is 5.73 Å². The summed E-state index contributed by atoms with van der Waals surface area (Å²) in [6.45, 7) is 0.924. The summed E-state index contributed by atoms with van der Waals surface area (Å²) in [7, 11) is 0. The van der Waals surface area contributed by atoms with E-state index in [2.05, 4.69) is 20.7 Å². The standard InChI is InChI=1S/C13H16FN5O2/c14-9-1-2-12(21-6-4-15)11(7-9)13(20)16-5-3-10-8-17-19-18-10/h1-2,7-8H,3-6,15H2,(H,16,20)(H,17,18,19). The summed E-state index contributed by atoms with van der Waals surface area (Å²) < 4.78 is 18.6. The molecule has 0 unspecified atom stereocenters. The number of amides is 1. The molecule has 0 bridgehead atoms. The smallest absolute Gasteiger partial charge is 0.255 e. The zero-order valence-corrected chi connectivity index (χ0v) is 11.3. The van der Waals surface area contributed by atoms with Crippen molar-refractivity contribution >= 4 is 5.91 Å². The lowest BCUT2D eigenvalue weighted by Crippen LogP contribution is -2.26. The Bertz CT molecular complexity index is 588. The van der Waals surface area contributed by atoms with Crippen LogP contribution in [0, 0.1) is 5.82 Å². The van der Waals surface area contributed by atoms with Crippen LogP contribution in [0.25, 0.3) is 0 Å². The molecule has 1 aromatic carbocycles. The van der Waals surface area contributed by atoms with E-state index in [4.69, 9.17) is 10.5 Å². The van der Waals surface area contributed by atoms with E-state index in [-0.39, 0.29) is 12.2 Å². The molecule has 1 amide bonds. The van der Waals surface area contributed by atoms with Gasteiger partial charge in [-0.05, 0) is 18.2 Å². The summed E-state index contributed by atoms with van der Waals surface area (Å²) in [6.07, 6.45) is 2.10. The Morgan fingerprint density at radius 1 is 1.48 bits per heavy atom. The molecule has 1 heterocycles. The molecule has 1 aromatic heterocycles. The number of carbonyl (C=O) groups is 1. The summed E-state index contributed by atoms with van der Waals surface area (Å²) in [5.74, 6) is -0.609. The van der Waals surface area contributed by atoms with Gasteiger partial charge < -0.3 is 15.8 Å². The van der Waals surface area contributed by atoms with Crippen molar-refractivity contribution < 1.29 is 13.9 Å². The van der Waals surface area contributed by atoms with Gasteiger partial charge in [-0.1, -0.05) is 0 Å². The van der Waals surface area contributed by atoms with Gasteiger partial charge in [0.15, 0.2) is 0 Å². The average molecular weight is 293 g/mol. The van der Waals surface area contributed by atoms with Crippen LogP contribution in [-0.4, -0.2) is 41.0 Å². The van der Waals surface area contributed by atoms with Crippen LogP contribution in [0.5, 0.6) is 5.75 Å². The molecule has 0 aliphatic carbocycles. The molecule has 21 heavy (non-hydrogen) atoms. The summed E-state index contributed by atoms with van der Waals surface area (Å²) in [5.41, 5.74) is 6.22. The first-order chi connectivity index (χ1) is 10.2. The molecular formula is C13H16FN5O2. The van der Waals surface area contributed by atoms with Crippen LogP contribution in [0.2, 0.25) is 0 Å². The van der Waals surface area contributed by atoms with Gasteiger partial charge in [-0.3, -0.25) is 4.79 Å². The van der Waals surface area contributed by atoms with Crippen LogP contribution in [0.3, 0.4) is 0 Å². The molecule has 0 atom stereocenters. The highest BCUT2D eigenvalue weighted by atomic mass is 19.1. The SMILES string of the molecule is NCCOc1ccc(F)cc1C(=O)NCCc1cn[nH]n1. The molecule has 7 nitrogen and oxygen atoms in total. The molecule has 0 spiro atoms. The topological polar surface area (TPSA) is 106 Å². The third-order valence-corrected chi connectivity index (χ3v) is 2.69. The Balaban J connectivity index is 1.98. The largest absolute Gasteiger partial charge is 0.491 e. The molecule has 0 aliphatic rings. The number of aromatic amines is 1. The Kier molecular flexibility index (Phi) is 5.22. The summed E-state index contributed by atoms with van der Waals surface area (Å²) >= 11 is 0. The number of hydrogen-bond acceptors (Lipinski definition) is 5. The van der Waals surface area contributed by atoms with Crippen molar-refractivity contribution in [3.63, 3.8) is 0 Å². The van der Waals surface area contributed by atoms with Crippen molar-refractivity contribution in [1.29, 1.82) is 0 Å². The van der Waals surface area contributed by atoms with Gasteiger partial charge in [0.2, 0.25) is 0 Å². The van der Waals surface area contributed by atoms with E-state index < -0.39 is 11.7 Å². The van der Waals surface area contributed by atoms with E-state index in [9.17, 15) is 9.18 Å². The second kappa shape index (κ2) is 7.34. The summed E-state index contributed by atoms with van der Waals surface area (Å²) in [4.78, 5) is 12.1. The number of benzene rings is 1. The molecule has 8 heteroatoms. The Morgan fingerprint density at radius 3 is 3.05 bits per heavy atom. The number of carbonyl (C=O) groups excluding carboxylic acids is 1. The van der Waals surface area contributed by atoms with Crippen LogP contribution in [-0.2, 0) is 6.42 Å². The Morgan fingerprint density at radius 2 is 2.33 bits per heavy atom. The number of nitrogens with zero attached hydrogens (tertiary/aromatic N) is 2. The molecule has 4 N–H and O–H groups in total. The van der Waals surface area contributed by atoms with E-state index in [0.29, 0.717) is 25.3 Å². The van der Waals surface area contributed by atoms with Crippen molar-refractivity contribution in [2.75, 3.05) is 19.7 Å². The number of rotatable bonds is 7. The fraction of sp³-hybridized carbons (Fsp3) is 0.308. The predicted octanol–water partition coefficient (Wildman–Crippen LogP) is 0.254. The van der Waals surface area contributed by atoms with Crippen LogP contribution in [0.15, 0.2) is 24.4 Å². The number of aromatic nitrogens is 3. The van der Waals surface area contributed by atoms with E-state index in [1.807, 2.05) is 0 Å². The van der Waals surface area contributed by atoms with Crippen molar-refractivity contribution in [1.82, 2.24) is 20.7 Å². The maximum absolute atomic E-state index is 13.3. The van der Waals surface area contributed by atoms with E-state index >= 15 is 0 Å². The minimum absolute atomic E-state index is 0.142. The number of hydrogen-bond donors (Lipinski definition) is 3. The van der Waals surface area contributed by atoms with Crippen molar-refractivity contribution in [3.8, 4) is 5.75 Å². The van der Waals surface area contributed by atoms with Gasteiger partial charge in [0.05, 0.1) is 17.5 Å². The van der Waals surface area contributed by atoms with Gasteiger partial charge in [0.1, 0.15) is 18.2 Å². The summed E-state index contributed by atoms with van der Waals surface area (Å²) in [5, 5.41) is 12.7. The number of nitrogens with two attached hydrogens (primary N) is 1. The van der Waals surface area contributed by atoms with E-state index in [0.717, 1.165) is 11.8 Å². The second-order valence-electron chi connectivity index (χ2n) is 4.24. The molecular weight excluding hydrogens is 277 g/mol.